The van der Waals surface area contributed by atoms with Crippen LogP contribution in [0.15, 0.2) is 23.3 Å². The molecule has 0 spiro atoms. The zero-order valence-corrected chi connectivity index (χ0v) is 18.2. The quantitative estimate of drug-likeness (QED) is 0.248. The molecule has 0 heterocycles. The van der Waals surface area contributed by atoms with Crippen LogP contribution in [0.5, 0.6) is 0 Å². The molecule has 0 aromatic carbocycles. The summed E-state index contributed by atoms with van der Waals surface area (Å²) >= 11 is 0. The highest BCUT2D eigenvalue weighted by Gasteiger charge is 2.31. The van der Waals surface area contributed by atoms with Crippen LogP contribution in [0.2, 0.25) is 0 Å². The number of aliphatic hydroxyl groups excluding tert-OH is 2. The molecule has 0 bridgehead atoms. The molecule has 0 aromatic heterocycles. The number of aliphatic carboxylic acids is 1. The summed E-state index contributed by atoms with van der Waals surface area (Å²) < 4.78 is 0. The number of carboxylic acids is 1. The second kappa shape index (κ2) is 13.9. The van der Waals surface area contributed by atoms with Crippen molar-refractivity contribution < 1.29 is 20.1 Å². The summed E-state index contributed by atoms with van der Waals surface area (Å²) in [5.74, 6) is -0.132. The first-order chi connectivity index (χ1) is 13.3. The predicted molar refractivity (Wildman–Crippen MR) is 115 cm³/mol. The van der Waals surface area contributed by atoms with Crippen molar-refractivity contribution in [3.8, 4) is 0 Å². The highest BCUT2D eigenvalue weighted by atomic mass is 16.4. The second-order valence-electron chi connectivity index (χ2n) is 8.78. The van der Waals surface area contributed by atoms with E-state index in [1.807, 2.05) is 12.2 Å². The van der Waals surface area contributed by atoms with Crippen LogP contribution in [-0.2, 0) is 4.79 Å². The van der Waals surface area contributed by atoms with Crippen LogP contribution in [0.3, 0.4) is 0 Å². The van der Waals surface area contributed by atoms with E-state index in [0.717, 1.165) is 70.6 Å². The van der Waals surface area contributed by atoms with Gasteiger partial charge in [-0.15, -0.1) is 0 Å². The molecule has 3 atom stereocenters. The molecule has 162 valence electrons. The van der Waals surface area contributed by atoms with Gasteiger partial charge in [0.05, 0.1) is 12.2 Å². The fraction of sp³-hybridized carbons (Fsp3) is 0.792. The Kier molecular flexibility index (Phi) is 12.4. The van der Waals surface area contributed by atoms with Gasteiger partial charge >= 0.3 is 5.97 Å². The van der Waals surface area contributed by atoms with Crippen molar-refractivity contribution in [2.45, 2.75) is 110 Å². The maximum atomic E-state index is 10.6. The van der Waals surface area contributed by atoms with Crippen LogP contribution in [-0.4, -0.2) is 33.5 Å². The molecule has 0 saturated heterocycles. The average Bonchev–Trinajstić information content (AvgIpc) is 2.90. The average molecular weight is 395 g/mol. The molecule has 3 N–H and O–H groups in total. The van der Waals surface area contributed by atoms with Gasteiger partial charge in [0.1, 0.15) is 0 Å². The molecule has 0 aromatic rings. The number of hydrogen-bond acceptors (Lipinski definition) is 3. The fourth-order valence-corrected chi connectivity index (χ4v) is 4.17. The van der Waals surface area contributed by atoms with E-state index in [1.165, 1.54) is 11.1 Å². The monoisotopic (exact) mass is 394 g/mol. The van der Waals surface area contributed by atoms with E-state index in [9.17, 15) is 15.0 Å². The summed E-state index contributed by atoms with van der Waals surface area (Å²) in [6, 6.07) is 0. The lowest BCUT2D eigenvalue weighted by molar-refractivity contribution is -0.137. The molecular weight excluding hydrogens is 352 g/mol. The van der Waals surface area contributed by atoms with Crippen molar-refractivity contribution in [2.75, 3.05) is 0 Å². The number of carboxylic acid groups (broad SMARTS) is 1. The smallest absolute Gasteiger partial charge is 0.303 e. The molecule has 0 aliphatic heterocycles. The van der Waals surface area contributed by atoms with Gasteiger partial charge in [-0.05, 0) is 44.4 Å². The van der Waals surface area contributed by atoms with Crippen LogP contribution in [0.4, 0.5) is 0 Å². The molecular formula is C24H42O4. The van der Waals surface area contributed by atoms with Crippen molar-refractivity contribution in [3.05, 3.63) is 23.3 Å². The van der Waals surface area contributed by atoms with Crippen molar-refractivity contribution in [1.82, 2.24) is 0 Å². The van der Waals surface area contributed by atoms with Crippen molar-refractivity contribution >= 4 is 5.97 Å². The first-order valence-corrected chi connectivity index (χ1v) is 11.3. The summed E-state index contributed by atoms with van der Waals surface area (Å²) in [6.07, 6.45) is 13.9. The zero-order valence-electron chi connectivity index (χ0n) is 18.2. The lowest BCUT2D eigenvalue weighted by Gasteiger charge is -2.17. The SMILES string of the molecule is CCCCC[C@H](O)/C=C/[C@@H]1C(CCCCCCC(=O)O)=C(CC(C)C)C[C@H]1O. The van der Waals surface area contributed by atoms with Gasteiger partial charge < -0.3 is 15.3 Å². The van der Waals surface area contributed by atoms with E-state index >= 15 is 0 Å². The normalized spacial score (nSPS) is 21.2. The summed E-state index contributed by atoms with van der Waals surface area (Å²) in [5, 5.41) is 29.6. The van der Waals surface area contributed by atoms with Gasteiger partial charge in [-0.1, -0.05) is 76.2 Å². The van der Waals surface area contributed by atoms with E-state index < -0.39 is 12.1 Å². The van der Waals surface area contributed by atoms with Crippen molar-refractivity contribution in [3.63, 3.8) is 0 Å². The summed E-state index contributed by atoms with van der Waals surface area (Å²) in [7, 11) is 0. The maximum absolute atomic E-state index is 10.6. The molecule has 1 aliphatic carbocycles. The largest absolute Gasteiger partial charge is 0.481 e. The Morgan fingerprint density at radius 1 is 1.14 bits per heavy atom. The van der Waals surface area contributed by atoms with Gasteiger partial charge in [-0.2, -0.15) is 0 Å². The highest BCUT2D eigenvalue weighted by Crippen LogP contribution is 2.39. The van der Waals surface area contributed by atoms with Crippen molar-refractivity contribution in [1.29, 1.82) is 0 Å². The molecule has 1 rings (SSSR count). The number of carbonyl (C=O) groups is 1. The second-order valence-corrected chi connectivity index (χ2v) is 8.78. The van der Waals surface area contributed by atoms with E-state index in [-0.39, 0.29) is 18.4 Å². The molecule has 1 aliphatic rings. The summed E-state index contributed by atoms with van der Waals surface area (Å²) in [4.78, 5) is 10.6. The molecule has 28 heavy (non-hydrogen) atoms. The molecule has 0 unspecified atom stereocenters. The van der Waals surface area contributed by atoms with Gasteiger partial charge in [0.15, 0.2) is 0 Å². The Morgan fingerprint density at radius 2 is 1.86 bits per heavy atom. The number of aliphatic hydroxyl groups is 2. The van der Waals surface area contributed by atoms with Gasteiger partial charge in [0.25, 0.3) is 0 Å². The topological polar surface area (TPSA) is 77.8 Å². The Morgan fingerprint density at radius 3 is 2.50 bits per heavy atom. The first kappa shape index (κ1) is 24.9. The molecule has 0 radical (unpaired) electrons. The summed E-state index contributed by atoms with van der Waals surface area (Å²) in [6.45, 7) is 6.58. The number of hydrogen-bond donors (Lipinski definition) is 3. The van der Waals surface area contributed by atoms with Gasteiger partial charge in [-0.25, -0.2) is 0 Å². The highest BCUT2D eigenvalue weighted by molar-refractivity contribution is 5.66. The van der Waals surface area contributed by atoms with Crippen LogP contribution in [0.1, 0.15) is 97.8 Å². The summed E-state index contributed by atoms with van der Waals surface area (Å²) in [5.41, 5.74) is 2.75. The van der Waals surface area contributed by atoms with Crippen LogP contribution in [0, 0.1) is 11.8 Å². The first-order valence-electron chi connectivity index (χ1n) is 11.3. The Balaban J connectivity index is 2.65. The van der Waals surface area contributed by atoms with Crippen LogP contribution >= 0.6 is 0 Å². The Bertz CT molecular complexity index is 507. The van der Waals surface area contributed by atoms with Crippen LogP contribution in [0.25, 0.3) is 0 Å². The van der Waals surface area contributed by atoms with Crippen molar-refractivity contribution in [2.24, 2.45) is 11.8 Å². The van der Waals surface area contributed by atoms with Gasteiger partial charge in [0.2, 0.25) is 0 Å². The lowest BCUT2D eigenvalue weighted by Crippen LogP contribution is -2.15. The van der Waals surface area contributed by atoms with Gasteiger partial charge in [0, 0.05) is 12.3 Å². The Hall–Kier alpha value is -1.13. The van der Waals surface area contributed by atoms with E-state index in [4.69, 9.17) is 5.11 Å². The third-order valence-electron chi connectivity index (χ3n) is 5.61. The van der Waals surface area contributed by atoms with E-state index in [1.54, 1.807) is 0 Å². The zero-order chi connectivity index (χ0) is 20.9. The van der Waals surface area contributed by atoms with Crippen LogP contribution < -0.4 is 0 Å². The maximum Gasteiger partial charge on any atom is 0.303 e. The molecule has 0 fully saturated rings. The fourth-order valence-electron chi connectivity index (χ4n) is 4.17. The van der Waals surface area contributed by atoms with Gasteiger partial charge in [-0.3, -0.25) is 4.79 Å². The predicted octanol–water partition coefficient (Wildman–Crippen LogP) is 5.63. The molecule has 0 saturated carbocycles. The Labute approximate surface area is 171 Å². The number of rotatable bonds is 15. The minimum Gasteiger partial charge on any atom is -0.481 e. The third kappa shape index (κ3) is 9.88. The van der Waals surface area contributed by atoms with E-state index in [2.05, 4.69) is 20.8 Å². The minimum atomic E-state index is -0.719. The molecule has 4 nitrogen and oxygen atoms in total. The molecule has 4 heteroatoms. The number of unbranched alkanes of at least 4 members (excludes halogenated alkanes) is 5. The lowest BCUT2D eigenvalue weighted by atomic mass is 9.91. The van der Waals surface area contributed by atoms with E-state index in [0.29, 0.717) is 5.92 Å². The standard InChI is InChI=1S/C24H42O4/c1-4-5-8-11-20(25)14-15-22-21(12-9-6-7-10-13-24(27)28)19(16-18(2)3)17-23(22)26/h14-15,18,20,22-23,25-26H,4-13,16-17H2,1-3H3,(H,27,28)/b15-14+/t20-,22+,23+/m0/s1. The minimum absolute atomic E-state index is 0.0218. The molecule has 0 amide bonds. The third-order valence-corrected chi connectivity index (χ3v) is 5.61.